The Bertz CT molecular complexity index is 1320. The molecular weight excluding hydrogens is 501 g/mol. The predicted molar refractivity (Wildman–Crippen MR) is 144 cm³/mol. The minimum atomic E-state index is -0.218. The van der Waals surface area contributed by atoms with Crippen LogP contribution in [0.2, 0.25) is 0 Å². The highest BCUT2D eigenvalue weighted by Gasteiger charge is 2.10. The molecule has 7 nitrogen and oxygen atoms in total. The van der Waals surface area contributed by atoms with Crippen molar-refractivity contribution in [1.82, 2.24) is 15.6 Å². The van der Waals surface area contributed by atoms with E-state index in [1.165, 1.54) is 39.4 Å². The van der Waals surface area contributed by atoms with Gasteiger partial charge in [0.05, 0.1) is 25.7 Å². The monoisotopic (exact) mass is 524 g/mol. The molecule has 1 heterocycles. The second-order valence-corrected chi connectivity index (χ2v) is 10.6. The van der Waals surface area contributed by atoms with Crippen LogP contribution < -0.4 is 14.9 Å². The summed E-state index contributed by atoms with van der Waals surface area (Å²) in [6, 6.07) is 20.2. The molecule has 0 aliphatic carbocycles. The second kappa shape index (κ2) is 12.6. The standard InChI is InChI=1S/C25H24N4O3S3/c1-3-32-21-12-11-17(13-22(21)31-2)14-26-27-23(30)16-34-25-29-28-24(35-25)33-15-19-9-6-8-18-7-4-5-10-20(18)19/h4-14H,3,15-16H2,1-2H3,(H,27,30). The zero-order valence-corrected chi connectivity index (χ0v) is 21.7. The van der Waals surface area contributed by atoms with Crippen molar-refractivity contribution < 1.29 is 14.3 Å². The summed E-state index contributed by atoms with van der Waals surface area (Å²) in [5, 5.41) is 15.0. The Morgan fingerprint density at radius 3 is 2.69 bits per heavy atom. The molecule has 0 saturated carbocycles. The second-order valence-electron chi connectivity index (χ2n) is 7.19. The number of hydrogen-bond acceptors (Lipinski definition) is 9. The molecule has 0 fully saturated rings. The maximum atomic E-state index is 12.2. The van der Waals surface area contributed by atoms with E-state index in [-0.39, 0.29) is 11.7 Å². The molecule has 0 saturated heterocycles. The number of methoxy groups -OCH3 is 1. The normalized spacial score (nSPS) is 11.1. The van der Waals surface area contributed by atoms with Gasteiger partial charge in [0.15, 0.2) is 20.2 Å². The molecule has 0 spiro atoms. The minimum absolute atomic E-state index is 0.201. The van der Waals surface area contributed by atoms with Crippen molar-refractivity contribution >= 4 is 57.8 Å². The molecule has 0 unspecified atom stereocenters. The Hall–Kier alpha value is -3.08. The number of nitrogens with one attached hydrogen (secondary N) is 1. The maximum absolute atomic E-state index is 12.2. The van der Waals surface area contributed by atoms with Crippen molar-refractivity contribution in [1.29, 1.82) is 0 Å². The van der Waals surface area contributed by atoms with Gasteiger partial charge in [-0.05, 0) is 47.0 Å². The molecule has 1 N–H and O–H groups in total. The van der Waals surface area contributed by atoms with Gasteiger partial charge < -0.3 is 9.47 Å². The molecule has 35 heavy (non-hydrogen) atoms. The van der Waals surface area contributed by atoms with Gasteiger partial charge in [-0.3, -0.25) is 4.79 Å². The van der Waals surface area contributed by atoms with E-state index in [9.17, 15) is 4.79 Å². The van der Waals surface area contributed by atoms with Gasteiger partial charge >= 0.3 is 0 Å². The van der Waals surface area contributed by atoms with Crippen molar-refractivity contribution in [3.63, 3.8) is 0 Å². The lowest BCUT2D eigenvalue weighted by Gasteiger charge is -2.09. The number of hydrogen-bond donors (Lipinski definition) is 1. The fourth-order valence-electron chi connectivity index (χ4n) is 3.25. The molecular formula is C25H24N4O3S3. The van der Waals surface area contributed by atoms with Crippen LogP contribution in [0.1, 0.15) is 18.1 Å². The summed E-state index contributed by atoms with van der Waals surface area (Å²) in [6.07, 6.45) is 1.56. The topological polar surface area (TPSA) is 85.7 Å². The number of fused-ring (bicyclic) bond motifs is 1. The summed E-state index contributed by atoms with van der Waals surface area (Å²) in [5.41, 5.74) is 4.59. The molecule has 0 aliphatic rings. The molecule has 1 aromatic heterocycles. The summed E-state index contributed by atoms with van der Waals surface area (Å²) in [4.78, 5) is 12.2. The van der Waals surface area contributed by atoms with E-state index in [1.54, 1.807) is 31.2 Å². The quantitative estimate of drug-likeness (QED) is 0.155. The summed E-state index contributed by atoms with van der Waals surface area (Å²) in [6.45, 7) is 2.46. The Kier molecular flexibility index (Phi) is 8.99. The number of rotatable bonds is 11. The largest absolute Gasteiger partial charge is 0.493 e. The molecule has 4 aromatic rings. The first-order valence-corrected chi connectivity index (χ1v) is 13.6. The van der Waals surface area contributed by atoms with Gasteiger partial charge in [-0.2, -0.15) is 5.10 Å². The van der Waals surface area contributed by atoms with Crippen LogP contribution in [0, 0.1) is 0 Å². The molecule has 4 rings (SSSR count). The van der Waals surface area contributed by atoms with E-state index in [2.05, 4.69) is 57.1 Å². The highest BCUT2D eigenvalue weighted by molar-refractivity contribution is 8.03. The van der Waals surface area contributed by atoms with E-state index in [0.717, 1.165) is 20.0 Å². The molecule has 10 heteroatoms. The Morgan fingerprint density at radius 1 is 1.06 bits per heavy atom. The lowest BCUT2D eigenvalue weighted by molar-refractivity contribution is -0.118. The third kappa shape index (κ3) is 6.97. The number of carbonyl (C=O) groups is 1. The van der Waals surface area contributed by atoms with Crippen LogP contribution in [0.15, 0.2) is 74.4 Å². The van der Waals surface area contributed by atoms with E-state index >= 15 is 0 Å². The molecule has 0 radical (unpaired) electrons. The van der Waals surface area contributed by atoms with Crippen molar-refractivity contribution in [2.45, 2.75) is 21.4 Å². The molecule has 3 aromatic carbocycles. The van der Waals surface area contributed by atoms with Gasteiger partial charge in [0.1, 0.15) is 0 Å². The number of hydrazone groups is 1. The fraction of sp³-hybridized carbons (Fsp3) is 0.200. The van der Waals surface area contributed by atoms with Gasteiger partial charge in [0.25, 0.3) is 5.91 Å². The number of ether oxygens (including phenoxy) is 2. The first-order valence-electron chi connectivity index (χ1n) is 10.8. The van der Waals surface area contributed by atoms with Crippen LogP contribution in [0.25, 0.3) is 10.8 Å². The lowest BCUT2D eigenvalue weighted by atomic mass is 10.1. The average molecular weight is 525 g/mol. The van der Waals surface area contributed by atoms with E-state index in [0.29, 0.717) is 18.1 Å². The molecule has 0 bridgehead atoms. The highest BCUT2D eigenvalue weighted by Crippen LogP contribution is 2.32. The van der Waals surface area contributed by atoms with Crippen molar-refractivity contribution in [3.05, 3.63) is 71.8 Å². The number of nitrogens with zero attached hydrogens (tertiary/aromatic N) is 3. The van der Waals surface area contributed by atoms with Gasteiger partial charge in [0, 0.05) is 5.75 Å². The summed E-state index contributed by atoms with van der Waals surface area (Å²) in [5.74, 6) is 2.07. The average Bonchev–Trinajstić information content (AvgIpc) is 3.35. The zero-order chi connectivity index (χ0) is 24.5. The van der Waals surface area contributed by atoms with Crippen LogP contribution in [-0.2, 0) is 10.5 Å². The van der Waals surface area contributed by atoms with Crippen LogP contribution in [0.3, 0.4) is 0 Å². The molecule has 1 amide bonds. The molecule has 0 atom stereocenters. The number of benzene rings is 3. The van der Waals surface area contributed by atoms with E-state index in [1.807, 2.05) is 25.1 Å². The summed E-state index contributed by atoms with van der Waals surface area (Å²) in [7, 11) is 1.58. The predicted octanol–water partition coefficient (Wildman–Crippen LogP) is 5.63. The highest BCUT2D eigenvalue weighted by atomic mass is 32.2. The zero-order valence-electron chi connectivity index (χ0n) is 19.3. The third-order valence-electron chi connectivity index (χ3n) is 4.84. The number of aromatic nitrogens is 2. The van der Waals surface area contributed by atoms with E-state index < -0.39 is 0 Å². The van der Waals surface area contributed by atoms with Gasteiger partial charge in [-0.15, -0.1) is 10.2 Å². The Morgan fingerprint density at radius 2 is 1.86 bits per heavy atom. The SMILES string of the molecule is CCOc1ccc(C=NNC(=O)CSc2nnc(SCc3cccc4ccccc34)s2)cc1OC. The lowest BCUT2D eigenvalue weighted by Crippen LogP contribution is -2.19. The van der Waals surface area contributed by atoms with Gasteiger partial charge in [-0.1, -0.05) is 77.3 Å². The third-order valence-corrected chi connectivity index (χ3v) is 8.07. The molecule has 0 aliphatic heterocycles. The van der Waals surface area contributed by atoms with Crippen LogP contribution >= 0.6 is 34.9 Å². The summed E-state index contributed by atoms with van der Waals surface area (Å²) >= 11 is 4.48. The van der Waals surface area contributed by atoms with Crippen LogP contribution in [0.4, 0.5) is 0 Å². The maximum Gasteiger partial charge on any atom is 0.250 e. The Labute approximate surface area is 216 Å². The summed E-state index contributed by atoms with van der Waals surface area (Å²) < 4.78 is 12.5. The van der Waals surface area contributed by atoms with Crippen molar-refractivity contribution in [2.24, 2.45) is 5.10 Å². The van der Waals surface area contributed by atoms with Crippen molar-refractivity contribution in [3.8, 4) is 11.5 Å². The van der Waals surface area contributed by atoms with Gasteiger partial charge in [-0.25, -0.2) is 5.43 Å². The van der Waals surface area contributed by atoms with Crippen LogP contribution in [-0.4, -0.2) is 41.8 Å². The number of thioether (sulfide) groups is 2. The number of amides is 1. The van der Waals surface area contributed by atoms with E-state index in [4.69, 9.17) is 9.47 Å². The first-order chi connectivity index (χ1) is 17.2. The van der Waals surface area contributed by atoms with Crippen LogP contribution in [0.5, 0.6) is 11.5 Å². The smallest absolute Gasteiger partial charge is 0.250 e. The minimum Gasteiger partial charge on any atom is -0.493 e. The molecule has 180 valence electrons. The first kappa shape index (κ1) is 25.0. The Balaban J connectivity index is 1.24. The number of carbonyl (C=O) groups excluding carboxylic acids is 1. The van der Waals surface area contributed by atoms with Crippen molar-refractivity contribution in [2.75, 3.05) is 19.5 Å². The fourth-order valence-corrected chi connectivity index (χ4v) is 6.07. The van der Waals surface area contributed by atoms with Gasteiger partial charge in [0.2, 0.25) is 0 Å².